The monoisotopic (exact) mass is 440 g/mol. The van der Waals surface area contributed by atoms with Crippen molar-refractivity contribution in [1.82, 2.24) is 31.5 Å². The van der Waals surface area contributed by atoms with Gasteiger partial charge in [-0.1, -0.05) is 0 Å². The number of H-pyrrole nitrogens is 2. The van der Waals surface area contributed by atoms with Gasteiger partial charge in [0.05, 0.1) is 45.3 Å². The zero-order valence-corrected chi connectivity index (χ0v) is 17.7. The van der Waals surface area contributed by atoms with E-state index < -0.39 is 0 Å². The van der Waals surface area contributed by atoms with Crippen LogP contribution in [0.1, 0.15) is 0 Å². The van der Waals surface area contributed by atoms with Crippen molar-refractivity contribution in [1.29, 1.82) is 0 Å². The van der Waals surface area contributed by atoms with E-state index in [2.05, 4.69) is 41.4 Å². The number of rotatable bonds is 6. The number of carbonyl (C=O) groups is 2. The maximum atomic E-state index is 13.2. The minimum atomic E-state index is -0.349. The van der Waals surface area contributed by atoms with Crippen molar-refractivity contribution in [2.75, 3.05) is 40.3 Å². The highest BCUT2D eigenvalue weighted by atomic mass is 16.2. The van der Waals surface area contributed by atoms with Crippen LogP contribution >= 0.6 is 0 Å². The van der Waals surface area contributed by atoms with Crippen LogP contribution < -0.4 is 42.8 Å². The van der Waals surface area contributed by atoms with Crippen LogP contribution in [-0.2, 0) is 0 Å². The largest absolute Gasteiger partial charge is 0.341 e. The van der Waals surface area contributed by atoms with Crippen LogP contribution in [0.15, 0.2) is 44.1 Å². The minimum Gasteiger partial charge on any atom is -0.341 e. The summed E-state index contributed by atoms with van der Waals surface area (Å²) < 4.78 is 0. The van der Waals surface area contributed by atoms with E-state index in [4.69, 9.17) is 0 Å². The molecule has 0 aliphatic carbocycles. The maximum absolute atomic E-state index is 13.2. The average molecular weight is 440 g/mol. The fraction of sp³-hybridized carbons (Fsp3) is 0.300. The molecule has 12 nitrogen and oxygen atoms in total. The lowest BCUT2D eigenvalue weighted by Gasteiger charge is -2.04. The van der Waals surface area contributed by atoms with Crippen molar-refractivity contribution >= 4 is 33.6 Å². The number of hydrogen-bond acceptors (Lipinski definition) is 6. The standard InChI is InChI=1S/C20H24N8O4/c1-21-19(31)25-7-5-23-13-3-4-14(24-6-8-26-20(32)22-2)16-15(13)17(29)11-9-27-28-10-12(11)18(16)30/h3-4,9-10,27-28H,5-8H2,1-2H3,(H2,21,25,31)(H2,22,26,32). The molecular weight excluding hydrogens is 416 g/mol. The number of fused-ring (bicyclic) bond motifs is 2. The molecule has 0 saturated heterocycles. The van der Waals surface area contributed by atoms with E-state index in [0.717, 1.165) is 0 Å². The number of aromatic nitrogens is 2. The predicted octanol–water partition coefficient (Wildman–Crippen LogP) is -1.53. The molecule has 4 amide bonds. The molecule has 3 aromatic rings. The highest BCUT2D eigenvalue weighted by Crippen LogP contribution is 2.05. The Kier molecular flexibility index (Phi) is 7.16. The van der Waals surface area contributed by atoms with Crippen molar-refractivity contribution in [2.24, 2.45) is 9.98 Å². The van der Waals surface area contributed by atoms with Crippen molar-refractivity contribution in [3.63, 3.8) is 0 Å². The Bertz CT molecular complexity index is 1290. The van der Waals surface area contributed by atoms with E-state index in [1.54, 1.807) is 12.1 Å². The number of benzene rings is 2. The first kappa shape index (κ1) is 22.5. The van der Waals surface area contributed by atoms with E-state index in [-0.39, 0.29) is 70.6 Å². The van der Waals surface area contributed by atoms with Crippen molar-refractivity contribution in [3.05, 3.63) is 55.7 Å². The van der Waals surface area contributed by atoms with Gasteiger partial charge in [-0.05, 0) is 12.1 Å². The van der Waals surface area contributed by atoms with Crippen LogP contribution in [0.3, 0.4) is 0 Å². The second kappa shape index (κ2) is 10.2. The van der Waals surface area contributed by atoms with Crippen LogP contribution in [0.4, 0.5) is 9.59 Å². The van der Waals surface area contributed by atoms with Gasteiger partial charge in [0, 0.05) is 39.6 Å². The normalized spacial score (nSPS) is 12.2. The molecule has 0 saturated carbocycles. The van der Waals surface area contributed by atoms with Gasteiger partial charge in [-0.25, -0.2) is 9.59 Å². The average Bonchev–Trinajstić information content (AvgIpc) is 2.82. The van der Waals surface area contributed by atoms with Gasteiger partial charge in [0.25, 0.3) is 0 Å². The summed E-state index contributed by atoms with van der Waals surface area (Å²) in [5.74, 6) is 0. The Morgan fingerprint density at radius 3 is 1.56 bits per heavy atom. The Morgan fingerprint density at radius 2 is 1.19 bits per heavy atom. The van der Waals surface area contributed by atoms with E-state index in [0.29, 0.717) is 10.7 Å². The van der Waals surface area contributed by atoms with Crippen LogP contribution in [0.2, 0.25) is 0 Å². The van der Waals surface area contributed by atoms with E-state index >= 15 is 0 Å². The number of hydrogen-bond donors (Lipinski definition) is 6. The Hall–Kier alpha value is -4.22. The zero-order chi connectivity index (χ0) is 23.1. The molecule has 0 spiro atoms. The molecule has 0 unspecified atom stereocenters. The fourth-order valence-electron chi connectivity index (χ4n) is 3.20. The van der Waals surface area contributed by atoms with E-state index in [1.165, 1.54) is 26.5 Å². The molecule has 1 heterocycles. The third kappa shape index (κ3) is 4.74. The summed E-state index contributed by atoms with van der Waals surface area (Å²) in [4.78, 5) is 57.9. The van der Waals surface area contributed by atoms with Crippen LogP contribution in [0, 0.1) is 0 Å². The Balaban J connectivity index is 2.14. The van der Waals surface area contributed by atoms with Gasteiger partial charge in [0.15, 0.2) is 10.9 Å². The predicted molar refractivity (Wildman–Crippen MR) is 120 cm³/mol. The molecule has 32 heavy (non-hydrogen) atoms. The minimum absolute atomic E-state index is 0.169. The number of nitrogens with zero attached hydrogens (tertiary/aromatic N) is 2. The number of carbonyl (C=O) groups excluding carboxylic acids is 2. The second-order valence-electron chi connectivity index (χ2n) is 6.69. The van der Waals surface area contributed by atoms with Gasteiger partial charge in [0.1, 0.15) is 0 Å². The van der Waals surface area contributed by atoms with Gasteiger partial charge in [-0.2, -0.15) is 0 Å². The number of urea groups is 2. The van der Waals surface area contributed by atoms with Crippen molar-refractivity contribution < 1.29 is 9.59 Å². The lowest BCUT2D eigenvalue weighted by molar-refractivity contribution is 0.242. The van der Waals surface area contributed by atoms with Gasteiger partial charge >= 0.3 is 12.1 Å². The van der Waals surface area contributed by atoms with E-state index in [9.17, 15) is 19.2 Å². The molecule has 6 N–H and O–H groups in total. The first-order valence-electron chi connectivity index (χ1n) is 9.92. The third-order valence-corrected chi connectivity index (χ3v) is 4.72. The van der Waals surface area contributed by atoms with E-state index in [1.807, 2.05) is 0 Å². The molecule has 0 atom stereocenters. The second-order valence-corrected chi connectivity index (χ2v) is 6.69. The summed E-state index contributed by atoms with van der Waals surface area (Å²) in [5.41, 5.74) is -0.697. The summed E-state index contributed by atoms with van der Waals surface area (Å²) >= 11 is 0. The molecule has 3 rings (SSSR count). The quantitative estimate of drug-likeness (QED) is 0.202. The zero-order valence-electron chi connectivity index (χ0n) is 17.7. The first-order chi connectivity index (χ1) is 15.5. The molecule has 168 valence electrons. The lowest BCUT2D eigenvalue weighted by atomic mass is 10.0. The highest BCUT2D eigenvalue weighted by Gasteiger charge is 2.14. The molecule has 0 aliphatic heterocycles. The van der Waals surface area contributed by atoms with Crippen LogP contribution in [-0.4, -0.2) is 62.5 Å². The molecule has 0 radical (unpaired) electrons. The molecule has 12 heteroatoms. The SMILES string of the molecule is CNC(=O)NCCN=c1ccc(=NCCNC(=O)NC)c2c(=O)c3c[nH][nH]cc3c(=O)c12. The summed E-state index contributed by atoms with van der Waals surface area (Å²) in [6.45, 7) is 0.950. The van der Waals surface area contributed by atoms with Gasteiger partial charge < -0.3 is 31.5 Å². The molecule has 0 aliphatic rings. The Labute approximate surface area is 181 Å². The molecule has 0 fully saturated rings. The summed E-state index contributed by atoms with van der Waals surface area (Å²) in [6, 6.07) is 2.57. The summed E-state index contributed by atoms with van der Waals surface area (Å²) in [6.07, 6.45) is 2.87. The summed E-state index contributed by atoms with van der Waals surface area (Å²) in [5, 5.41) is 17.0. The Morgan fingerprint density at radius 1 is 0.781 bits per heavy atom. The maximum Gasteiger partial charge on any atom is 0.314 e. The van der Waals surface area contributed by atoms with Crippen molar-refractivity contribution in [2.45, 2.75) is 0 Å². The topological polar surface area (TPSA) is 173 Å². The molecule has 0 bridgehead atoms. The van der Waals surface area contributed by atoms with Gasteiger partial charge in [-0.15, -0.1) is 0 Å². The van der Waals surface area contributed by atoms with Gasteiger partial charge in [0.2, 0.25) is 0 Å². The molecular formula is C20H24N8O4. The molecule has 2 aromatic carbocycles. The van der Waals surface area contributed by atoms with Gasteiger partial charge in [-0.3, -0.25) is 19.6 Å². The van der Waals surface area contributed by atoms with Crippen molar-refractivity contribution in [3.8, 4) is 0 Å². The number of aromatic amines is 2. The lowest BCUT2D eigenvalue weighted by Crippen LogP contribution is -2.35. The number of nitrogens with one attached hydrogen (secondary N) is 6. The first-order valence-corrected chi connectivity index (χ1v) is 9.92. The fourth-order valence-corrected chi connectivity index (χ4v) is 3.20. The van der Waals surface area contributed by atoms with Crippen LogP contribution in [0.25, 0.3) is 21.5 Å². The summed E-state index contributed by atoms with van der Waals surface area (Å²) in [7, 11) is 3.01. The highest BCUT2D eigenvalue weighted by molar-refractivity contribution is 5.96. The molecule has 1 aromatic heterocycles. The number of amides is 4. The van der Waals surface area contributed by atoms with Crippen LogP contribution in [0.5, 0.6) is 0 Å². The smallest absolute Gasteiger partial charge is 0.314 e. The third-order valence-electron chi connectivity index (χ3n) is 4.72.